The van der Waals surface area contributed by atoms with Gasteiger partial charge >= 0.3 is 0 Å². The van der Waals surface area contributed by atoms with Crippen LogP contribution in [0.5, 0.6) is 0 Å². The van der Waals surface area contributed by atoms with Crippen LogP contribution in [0.25, 0.3) is 0 Å². The molecule has 1 aliphatic heterocycles. The van der Waals surface area contributed by atoms with Gasteiger partial charge in [0.25, 0.3) is 0 Å². The van der Waals surface area contributed by atoms with E-state index in [1.165, 1.54) is 0 Å². The van der Waals surface area contributed by atoms with Crippen molar-refractivity contribution in [2.45, 2.75) is 71.9 Å². The molecule has 20 heavy (non-hydrogen) atoms. The van der Waals surface area contributed by atoms with Crippen molar-refractivity contribution in [2.75, 3.05) is 6.54 Å². The summed E-state index contributed by atoms with van der Waals surface area (Å²) in [6.45, 7) is 8.92. The van der Waals surface area contributed by atoms with E-state index in [9.17, 15) is 9.59 Å². The number of hydrogen-bond donors (Lipinski definition) is 1. The first-order valence-electron chi connectivity index (χ1n) is 7.94. The first-order valence-corrected chi connectivity index (χ1v) is 7.94. The minimum atomic E-state index is -0.323. The van der Waals surface area contributed by atoms with Crippen molar-refractivity contribution < 1.29 is 9.59 Å². The van der Waals surface area contributed by atoms with E-state index < -0.39 is 0 Å². The van der Waals surface area contributed by atoms with Gasteiger partial charge in [0.1, 0.15) is 6.04 Å². The Balaban J connectivity index is 2.07. The molecule has 2 unspecified atom stereocenters. The van der Waals surface area contributed by atoms with E-state index in [1.54, 1.807) is 0 Å². The van der Waals surface area contributed by atoms with Crippen LogP contribution < -0.4 is 5.32 Å². The molecule has 2 aliphatic rings. The van der Waals surface area contributed by atoms with Gasteiger partial charge in [-0.2, -0.15) is 0 Å². The highest BCUT2D eigenvalue weighted by Gasteiger charge is 2.40. The molecule has 0 radical (unpaired) electrons. The third-order valence-electron chi connectivity index (χ3n) is 5.14. The lowest BCUT2D eigenvalue weighted by molar-refractivity contribution is -0.149. The summed E-state index contributed by atoms with van der Waals surface area (Å²) in [6, 6.07) is -0.0654. The van der Waals surface area contributed by atoms with Crippen LogP contribution in [-0.4, -0.2) is 35.3 Å². The fourth-order valence-corrected chi connectivity index (χ4v) is 3.32. The van der Waals surface area contributed by atoms with E-state index in [2.05, 4.69) is 26.1 Å². The van der Waals surface area contributed by atoms with Crippen LogP contribution >= 0.6 is 0 Å². The molecule has 0 aromatic rings. The van der Waals surface area contributed by atoms with E-state index in [0.717, 1.165) is 32.1 Å². The molecule has 1 heterocycles. The molecular formula is C16H28N2O2. The van der Waals surface area contributed by atoms with Crippen molar-refractivity contribution in [3.63, 3.8) is 0 Å². The van der Waals surface area contributed by atoms with Crippen LogP contribution in [0, 0.1) is 11.3 Å². The smallest absolute Gasteiger partial charge is 0.246 e. The number of rotatable bonds is 3. The van der Waals surface area contributed by atoms with Gasteiger partial charge in [-0.1, -0.05) is 34.1 Å². The fraction of sp³-hybridized carbons (Fsp3) is 0.875. The standard InChI is InChI=1S/C16H28N2O2/c1-5-11(2)14-15(20)18(10-13(19)17-14)12-6-8-16(3,4)9-7-12/h11-12,14H,5-10H2,1-4H3,(H,17,19). The largest absolute Gasteiger partial charge is 0.342 e. The summed E-state index contributed by atoms with van der Waals surface area (Å²) in [7, 11) is 0. The van der Waals surface area contributed by atoms with Gasteiger partial charge in [-0.3, -0.25) is 9.59 Å². The number of nitrogens with one attached hydrogen (secondary N) is 1. The second-order valence-electron chi connectivity index (χ2n) is 7.29. The van der Waals surface area contributed by atoms with Crippen molar-refractivity contribution in [1.29, 1.82) is 0 Å². The second-order valence-corrected chi connectivity index (χ2v) is 7.29. The number of carbonyl (C=O) groups is 2. The highest BCUT2D eigenvalue weighted by atomic mass is 16.2. The number of hydrogen-bond acceptors (Lipinski definition) is 2. The maximum Gasteiger partial charge on any atom is 0.246 e. The summed E-state index contributed by atoms with van der Waals surface area (Å²) in [5, 5.41) is 2.87. The summed E-state index contributed by atoms with van der Waals surface area (Å²) in [5.74, 6) is 0.331. The number of amides is 2. The van der Waals surface area contributed by atoms with Crippen molar-refractivity contribution in [1.82, 2.24) is 10.2 Å². The topological polar surface area (TPSA) is 49.4 Å². The molecule has 114 valence electrons. The first-order chi connectivity index (χ1) is 9.34. The molecule has 1 saturated carbocycles. The molecule has 1 saturated heterocycles. The van der Waals surface area contributed by atoms with Crippen molar-refractivity contribution in [3.8, 4) is 0 Å². The Labute approximate surface area is 122 Å². The average molecular weight is 280 g/mol. The molecular weight excluding hydrogens is 252 g/mol. The van der Waals surface area contributed by atoms with Gasteiger partial charge in [0, 0.05) is 6.04 Å². The molecule has 2 atom stereocenters. The van der Waals surface area contributed by atoms with Gasteiger partial charge in [0.05, 0.1) is 6.54 Å². The summed E-state index contributed by atoms with van der Waals surface area (Å²) in [5.41, 5.74) is 0.383. The lowest BCUT2D eigenvalue weighted by Gasteiger charge is -2.44. The van der Waals surface area contributed by atoms with Crippen molar-refractivity contribution in [2.24, 2.45) is 11.3 Å². The Morgan fingerprint density at radius 1 is 1.30 bits per heavy atom. The van der Waals surface area contributed by atoms with E-state index in [1.807, 2.05) is 11.8 Å². The van der Waals surface area contributed by atoms with E-state index in [0.29, 0.717) is 5.41 Å². The summed E-state index contributed by atoms with van der Waals surface area (Å²) in [4.78, 5) is 26.4. The maximum atomic E-state index is 12.6. The maximum absolute atomic E-state index is 12.6. The number of carbonyl (C=O) groups excluding carboxylic acids is 2. The minimum absolute atomic E-state index is 0.000247. The first kappa shape index (κ1) is 15.3. The van der Waals surface area contributed by atoms with Gasteiger partial charge in [0.2, 0.25) is 11.8 Å². The second kappa shape index (κ2) is 5.74. The van der Waals surface area contributed by atoms with Crippen molar-refractivity contribution in [3.05, 3.63) is 0 Å². The predicted molar refractivity (Wildman–Crippen MR) is 79.1 cm³/mol. The van der Waals surface area contributed by atoms with Crippen LogP contribution in [-0.2, 0) is 9.59 Å². The predicted octanol–water partition coefficient (Wildman–Crippen LogP) is 2.33. The van der Waals surface area contributed by atoms with Crippen LogP contribution in [0.4, 0.5) is 0 Å². The highest BCUT2D eigenvalue weighted by Crippen LogP contribution is 2.37. The molecule has 0 aromatic heterocycles. The van der Waals surface area contributed by atoms with E-state index >= 15 is 0 Å². The zero-order valence-corrected chi connectivity index (χ0v) is 13.2. The summed E-state index contributed by atoms with van der Waals surface area (Å²) >= 11 is 0. The van der Waals surface area contributed by atoms with Crippen molar-refractivity contribution >= 4 is 11.8 Å². The third kappa shape index (κ3) is 3.15. The quantitative estimate of drug-likeness (QED) is 0.862. The Bertz CT molecular complexity index is 382. The van der Waals surface area contributed by atoms with Crippen LogP contribution in [0.3, 0.4) is 0 Å². The summed E-state index contributed by atoms with van der Waals surface area (Å²) in [6.07, 6.45) is 5.23. The fourth-order valence-electron chi connectivity index (χ4n) is 3.32. The third-order valence-corrected chi connectivity index (χ3v) is 5.14. The molecule has 4 heteroatoms. The summed E-state index contributed by atoms with van der Waals surface area (Å²) < 4.78 is 0. The van der Waals surface area contributed by atoms with E-state index in [-0.39, 0.29) is 36.4 Å². The average Bonchev–Trinajstić information content (AvgIpc) is 2.40. The molecule has 4 nitrogen and oxygen atoms in total. The Morgan fingerprint density at radius 3 is 2.45 bits per heavy atom. The highest BCUT2D eigenvalue weighted by molar-refractivity contribution is 5.95. The SMILES string of the molecule is CCC(C)C1NC(=O)CN(C2CCC(C)(C)CC2)C1=O. The van der Waals surface area contributed by atoms with Gasteiger partial charge in [-0.15, -0.1) is 0 Å². The molecule has 0 aromatic carbocycles. The molecule has 1 aliphatic carbocycles. The Hall–Kier alpha value is -1.06. The van der Waals surface area contributed by atoms with Gasteiger partial charge in [0.15, 0.2) is 0 Å². The molecule has 0 bridgehead atoms. The van der Waals surface area contributed by atoms with Crippen LogP contribution in [0.2, 0.25) is 0 Å². The van der Waals surface area contributed by atoms with E-state index in [4.69, 9.17) is 0 Å². The van der Waals surface area contributed by atoms with Gasteiger partial charge < -0.3 is 10.2 Å². The molecule has 2 amide bonds. The minimum Gasteiger partial charge on any atom is -0.342 e. The monoisotopic (exact) mass is 280 g/mol. The Kier molecular flexibility index (Phi) is 4.40. The number of piperazine rings is 1. The Morgan fingerprint density at radius 2 is 1.90 bits per heavy atom. The zero-order valence-electron chi connectivity index (χ0n) is 13.2. The molecule has 2 fully saturated rings. The van der Waals surface area contributed by atoms with Gasteiger partial charge in [-0.05, 0) is 37.0 Å². The molecule has 0 spiro atoms. The normalized spacial score (nSPS) is 29.2. The number of nitrogens with zero attached hydrogens (tertiary/aromatic N) is 1. The molecule has 1 N–H and O–H groups in total. The lowest BCUT2D eigenvalue weighted by atomic mass is 9.75. The zero-order chi connectivity index (χ0) is 14.9. The molecule has 2 rings (SSSR count). The van der Waals surface area contributed by atoms with Crippen LogP contribution in [0.15, 0.2) is 0 Å². The van der Waals surface area contributed by atoms with Crippen LogP contribution in [0.1, 0.15) is 59.8 Å². The lowest BCUT2D eigenvalue weighted by Crippen LogP contribution is -2.62. The van der Waals surface area contributed by atoms with Gasteiger partial charge in [-0.25, -0.2) is 0 Å².